The molecule has 0 spiro atoms. The summed E-state index contributed by atoms with van der Waals surface area (Å²) in [5.41, 5.74) is 2.06. The van der Waals surface area contributed by atoms with Crippen molar-refractivity contribution in [2.45, 2.75) is 19.9 Å². The number of fused-ring (bicyclic) bond motifs is 1. The van der Waals surface area contributed by atoms with Crippen LogP contribution in [0.1, 0.15) is 24.2 Å². The molecular formula is C17H16ClN3. The van der Waals surface area contributed by atoms with Crippen molar-refractivity contribution in [3.8, 4) is 0 Å². The Hall–Kier alpha value is -2.13. The van der Waals surface area contributed by atoms with Crippen molar-refractivity contribution in [3.05, 3.63) is 64.8 Å². The highest BCUT2D eigenvalue weighted by molar-refractivity contribution is 6.30. The van der Waals surface area contributed by atoms with Gasteiger partial charge in [0.15, 0.2) is 5.82 Å². The van der Waals surface area contributed by atoms with Crippen molar-refractivity contribution in [3.63, 3.8) is 0 Å². The summed E-state index contributed by atoms with van der Waals surface area (Å²) in [5, 5.41) is 14.9. The molecule has 0 saturated heterocycles. The lowest BCUT2D eigenvalue weighted by Crippen LogP contribution is -2.09. The smallest absolute Gasteiger partial charge is 0.157 e. The molecule has 1 N–H and O–H groups in total. The third-order valence-corrected chi connectivity index (χ3v) is 3.81. The molecule has 0 bridgehead atoms. The van der Waals surface area contributed by atoms with Crippen LogP contribution in [0.3, 0.4) is 0 Å². The van der Waals surface area contributed by atoms with Crippen molar-refractivity contribution in [2.24, 2.45) is 0 Å². The van der Waals surface area contributed by atoms with Crippen LogP contribution in [0.15, 0.2) is 48.5 Å². The zero-order chi connectivity index (χ0) is 14.8. The van der Waals surface area contributed by atoms with Gasteiger partial charge >= 0.3 is 0 Å². The van der Waals surface area contributed by atoms with Gasteiger partial charge in [-0.25, -0.2) is 0 Å². The van der Waals surface area contributed by atoms with Crippen LogP contribution in [0.4, 0.5) is 5.82 Å². The Morgan fingerprint density at radius 3 is 2.52 bits per heavy atom. The van der Waals surface area contributed by atoms with E-state index >= 15 is 0 Å². The van der Waals surface area contributed by atoms with E-state index in [1.807, 2.05) is 43.3 Å². The number of anilines is 1. The van der Waals surface area contributed by atoms with Crippen molar-refractivity contribution >= 4 is 28.2 Å². The highest BCUT2D eigenvalue weighted by Crippen LogP contribution is 2.26. The van der Waals surface area contributed by atoms with Crippen molar-refractivity contribution < 1.29 is 0 Å². The second-order valence-corrected chi connectivity index (χ2v) is 5.54. The summed E-state index contributed by atoms with van der Waals surface area (Å²) in [5.74, 6) is 0.795. The fraction of sp³-hybridized carbons (Fsp3) is 0.176. The molecule has 21 heavy (non-hydrogen) atoms. The van der Waals surface area contributed by atoms with Gasteiger partial charge in [0.1, 0.15) is 0 Å². The van der Waals surface area contributed by atoms with Crippen molar-refractivity contribution in [2.75, 3.05) is 5.32 Å². The molecule has 0 fully saturated rings. The average molecular weight is 298 g/mol. The number of aryl methyl sites for hydroxylation is 1. The summed E-state index contributed by atoms with van der Waals surface area (Å²) in [6.45, 7) is 4.06. The number of nitrogens with zero attached hydrogens (tertiary/aromatic N) is 2. The van der Waals surface area contributed by atoms with Crippen LogP contribution >= 0.6 is 11.6 Å². The number of nitrogens with one attached hydrogen (secondary N) is 1. The molecule has 1 aromatic heterocycles. The molecule has 106 valence electrons. The predicted molar refractivity (Wildman–Crippen MR) is 87.8 cm³/mol. The monoisotopic (exact) mass is 297 g/mol. The number of benzene rings is 2. The van der Waals surface area contributed by atoms with E-state index in [-0.39, 0.29) is 6.04 Å². The van der Waals surface area contributed by atoms with Gasteiger partial charge in [0, 0.05) is 15.8 Å². The molecule has 3 aromatic rings. The Bertz CT molecular complexity index is 786. The quantitative estimate of drug-likeness (QED) is 0.757. The topological polar surface area (TPSA) is 37.8 Å². The van der Waals surface area contributed by atoms with Gasteiger partial charge < -0.3 is 5.32 Å². The number of rotatable bonds is 3. The first-order chi connectivity index (χ1) is 10.1. The Kier molecular flexibility index (Phi) is 3.76. The SMILES string of the molecule is Cc1nnc(NC(C)c2cccc(Cl)c2)c2ccccc12. The van der Waals surface area contributed by atoms with E-state index in [1.54, 1.807) is 0 Å². The molecule has 3 rings (SSSR count). The molecule has 4 heteroatoms. The van der Waals surface area contributed by atoms with Gasteiger partial charge in [-0.05, 0) is 31.5 Å². The summed E-state index contributed by atoms with van der Waals surface area (Å²) >= 11 is 6.05. The Morgan fingerprint density at radius 2 is 1.76 bits per heavy atom. The Labute approximate surface area is 129 Å². The van der Waals surface area contributed by atoms with Gasteiger partial charge in [0.05, 0.1) is 11.7 Å². The molecule has 3 nitrogen and oxygen atoms in total. The zero-order valence-corrected chi connectivity index (χ0v) is 12.7. The summed E-state index contributed by atoms with van der Waals surface area (Å²) in [6, 6.07) is 16.1. The standard InChI is InChI=1S/C17H16ClN3/c1-11(13-6-5-7-14(18)10-13)19-17-16-9-4-3-8-15(16)12(2)20-21-17/h3-11H,1-2H3,(H,19,21). The first-order valence-corrected chi connectivity index (χ1v) is 7.27. The van der Waals surface area contributed by atoms with E-state index in [4.69, 9.17) is 11.6 Å². The lowest BCUT2D eigenvalue weighted by atomic mass is 10.1. The lowest BCUT2D eigenvalue weighted by molar-refractivity contribution is 0.862. The van der Waals surface area contributed by atoms with Gasteiger partial charge in [-0.1, -0.05) is 48.0 Å². The first kappa shape index (κ1) is 13.8. The van der Waals surface area contributed by atoms with Crippen LogP contribution in [-0.4, -0.2) is 10.2 Å². The van der Waals surface area contributed by atoms with E-state index in [9.17, 15) is 0 Å². The number of hydrogen-bond acceptors (Lipinski definition) is 3. The van der Waals surface area contributed by atoms with E-state index in [2.05, 4.69) is 34.6 Å². The molecule has 0 aliphatic heterocycles. The number of halogens is 1. The molecular weight excluding hydrogens is 282 g/mol. The zero-order valence-electron chi connectivity index (χ0n) is 12.0. The molecule has 0 radical (unpaired) electrons. The van der Waals surface area contributed by atoms with Gasteiger partial charge in [0.25, 0.3) is 0 Å². The summed E-state index contributed by atoms with van der Waals surface area (Å²) in [7, 11) is 0. The normalized spacial score (nSPS) is 12.3. The minimum Gasteiger partial charge on any atom is -0.362 e. The third kappa shape index (κ3) is 2.83. The lowest BCUT2D eigenvalue weighted by Gasteiger charge is -2.16. The van der Waals surface area contributed by atoms with Crippen LogP contribution in [0.25, 0.3) is 10.8 Å². The molecule has 1 atom stereocenters. The highest BCUT2D eigenvalue weighted by Gasteiger charge is 2.10. The molecule has 2 aromatic carbocycles. The van der Waals surface area contributed by atoms with Crippen LogP contribution in [0.2, 0.25) is 5.02 Å². The molecule has 0 amide bonds. The van der Waals surface area contributed by atoms with Crippen molar-refractivity contribution in [1.82, 2.24) is 10.2 Å². The van der Waals surface area contributed by atoms with Gasteiger partial charge in [0.2, 0.25) is 0 Å². The van der Waals surface area contributed by atoms with Gasteiger partial charge in [-0.3, -0.25) is 0 Å². The second kappa shape index (κ2) is 5.70. The van der Waals surface area contributed by atoms with E-state index < -0.39 is 0 Å². The van der Waals surface area contributed by atoms with Crippen molar-refractivity contribution in [1.29, 1.82) is 0 Å². The third-order valence-electron chi connectivity index (χ3n) is 3.57. The highest BCUT2D eigenvalue weighted by atomic mass is 35.5. The van der Waals surface area contributed by atoms with Gasteiger partial charge in [-0.15, -0.1) is 5.10 Å². The number of aromatic nitrogens is 2. The minimum absolute atomic E-state index is 0.101. The van der Waals surface area contributed by atoms with E-state index in [0.717, 1.165) is 32.9 Å². The maximum absolute atomic E-state index is 6.05. The molecule has 1 heterocycles. The van der Waals surface area contributed by atoms with Crippen LogP contribution in [0, 0.1) is 6.92 Å². The molecule has 0 aliphatic carbocycles. The minimum atomic E-state index is 0.101. The largest absolute Gasteiger partial charge is 0.362 e. The summed E-state index contributed by atoms with van der Waals surface area (Å²) in [6.07, 6.45) is 0. The molecule has 0 aliphatic rings. The van der Waals surface area contributed by atoms with E-state index in [0.29, 0.717) is 0 Å². The average Bonchev–Trinajstić information content (AvgIpc) is 2.50. The maximum atomic E-state index is 6.05. The van der Waals surface area contributed by atoms with Crippen LogP contribution in [0.5, 0.6) is 0 Å². The van der Waals surface area contributed by atoms with E-state index in [1.165, 1.54) is 0 Å². The van der Waals surface area contributed by atoms with Gasteiger partial charge in [-0.2, -0.15) is 5.10 Å². The number of hydrogen-bond donors (Lipinski definition) is 1. The van der Waals surface area contributed by atoms with Crippen LogP contribution < -0.4 is 5.32 Å². The fourth-order valence-electron chi connectivity index (χ4n) is 2.41. The molecule has 0 saturated carbocycles. The first-order valence-electron chi connectivity index (χ1n) is 6.89. The fourth-order valence-corrected chi connectivity index (χ4v) is 2.61. The Balaban J connectivity index is 1.97. The summed E-state index contributed by atoms with van der Waals surface area (Å²) in [4.78, 5) is 0. The maximum Gasteiger partial charge on any atom is 0.157 e. The predicted octanol–water partition coefficient (Wildman–Crippen LogP) is 4.76. The second-order valence-electron chi connectivity index (χ2n) is 5.10. The molecule has 1 unspecified atom stereocenters. The summed E-state index contributed by atoms with van der Waals surface area (Å²) < 4.78 is 0. The van der Waals surface area contributed by atoms with Crippen LogP contribution in [-0.2, 0) is 0 Å². The Morgan fingerprint density at radius 1 is 1.00 bits per heavy atom.